The molecule has 1 aromatic rings. The summed E-state index contributed by atoms with van der Waals surface area (Å²) in [5.41, 5.74) is 0. The third-order valence-electron chi connectivity index (χ3n) is 3.29. The van der Waals surface area contributed by atoms with Crippen molar-refractivity contribution in [3.8, 4) is 0 Å². The molecule has 0 saturated carbocycles. The van der Waals surface area contributed by atoms with Crippen LogP contribution >= 0.6 is 0 Å². The van der Waals surface area contributed by atoms with Crippen LogP contribution in [0, 0.1) is 0 Å². The van der Waals surface area contributed by atoms with Crippen molar-refractivity contribution in [1.82, 2.24) is 20.5 Å². The Morgan fingerprint density at radius 2 is 2.06 bits per heavy atom. The van der Waals surface area contributed by atoms with Gasteiger partial charge in [-0.15, -0.1) is 0 Å². The lowest BCUT2D eigenvalue weighted by molar-refractivity contribution is 0.475. The van der Waals surface area contributed by atoms with Crippen LogP contribution in [0.25, 0.3) is 0 Å². The van der Waals surface area contributed by atoms with E-state index in [1.807, 2.05) is 0 Å². The summed E-state index contributed by atoms with van der Waals surface area (Å²) in [4.78, 5) is 4.12. The van der Waals surface area contributed by atoms with Crippen molar-refractivity contribution in [2.24, 2.45) is 0 Å². The zero-order chi connectivity index (χ0) is 13.1. The van der Waals surface area contributed by atoms with Gasteiger partial charge in [-0.1, -0.05) is 39.0 Å². The van der Waals surface area contributed by atoms with Crippen molar-refractivity contribution in [2.45, 2.75) is 71.3 Å². The van der Waals surface area contributed by atoms with Crippen molar-refractivity contribution in [2.75, 3.05) is 6.54 Å². The number of nitrogens with one attached hydrogen (secondary N) is 2. The number of aromatic nitrogens is 3. The minimum atomic E-state index is 0.640. The van der Waals surface area contributed by atoms with Gasteiger partial charge in [0.05, 0.1) is 0 Å². The fourth-order valence-electron chi connectivity index (χ4n) is 2.11. The first-order valence-electron chi connectivity index (χ1n) is 7.40. The molecule has 18 heavy (non-hydrogen) atoms. The van der Waals surface area contributed by atoms with Gasteiger partial charge in [-0.2, -0.15) is 5.10 Å². The molecule has 4 heteroatoms. The maximum absolute atomic E-state index is 4.12. The van der Waals surface area contributed by atoms with Crippen LogP contribution in [0.2, 0.25) is 0 Å². The Kier molecular flexibility index (Phi) is 8.47. The van der Waals surface area contributed by atoms with Crippen LogP contribution in [0.4, 0.5) is 0 Å². The highest BCUT2D eigenvalue weighted by Gasteiger charge is 2.01. The third kappa shape index (κ3) is 7.43. The van der Waals surface area contributed by atoms with E-state index < -0.39 is 0 Å². The van der Waals surface area contributed by atoms with Gasteiger partial charge in [0.1, 0.15) is 12.2 Å². The van der Waals surface area contributed by atoms with E-state index in [0.717, 1.165) is 25.2 Å². The summed E-state index contributed by atoms with van der Waals surface area (Å²) in [7, 11) is 0. The van der Waals surface area contributed by atoms with E-state index in [2.05, 4.69) is 34.3 Å². The Morgan fingerprint density at radius 1 is 1.22 bits per heavy atom. The van der Waals surface area contributed by atoms with Gasteiger partial charge in [0.15, 0.2) is 0 Å². The summed E-state index contributed by atoms with van der Waals surface area (Å²) in [6.45, 7) is 5.61. The van der Waals surface area contributed by atoms with E-state index in [1.54, 1.807) is 6.33 Å². The van der Waals surface area contributed by atoms with Gasteiger partial charge in [-0.3, -0.25) is 5.10 Å². The van der Waals surface area contributed by atoms with Crippen LogP contribution in [-0.2, 0) is 6.42 Å². The molecule has 1 aromatic heterocycles. The van der Waals surface area contributed by atoms with E-state index in [4.69, 9.17) is 0 Å². The van der Waals surface area contributed by atoms with E-state index in [9.17, 15) is 0 Å². The highest BCUT2D eigenvalue weighted by Crippen LogP contribution is 2.07. The second-order valence-corrected chi connectivity index (χ2v) is 5.09. The molecule has 4 nitrogen and oxygen atoms in total. The standard InChI is InChI=1S/C14H28N4/c1-3-4-5-6-7-9-13(2)15-11-8-10-14-16-12-17-18-14/h12-13,15H,3-11H2,1-2H3,(H,16,17,18). The van der Waals surface area contributed by atoms with Gasteiger partial charge in [0, 0.05) is 12.5 Å². The van der Waals surface area contributed by atoms with Gasteiger partial charge in [-0.25, -0.2) is 4.98 Å². The van der Waals surface area contributed by atoms with Crippen LogP contribution in [0.15, 0.2) is 6.33 Å². The predicted molar refractivity (Wildman–Crippen MR) is 75.5 cm³/mol. The summed E-state index contributed by atoms with van der Waals surface area (Å²) in [5.74, 6) is 0.990. The second kappa shape index (κ2) is 10.1. The van der Waals surface area contributed by atoms with Crippen molar-refractivity contribution in [1.29, 1.82) is 0 Å². The number of hydrogen-bond donors (Lipinski definition) is 2. The number of aryl methyl sites for hydroxylation is 1. The molecule has 1 atom stereocenters. The highest BCUT2D eigenvalue weighted by molar-refractivity contribution is 4.79. The Balaban J connectivity index is 1.88. The molecule has 0 saturated heterocycles. The Bertz CT molecular complexity index is 271. The van der Waals surface area contributed by atoms with Crippen molar-refractivity contribution in [3.63, 3.8) is 0 Å². The van der Waals surface area contributed by atoms with Gasteiger partial charge in [0.2, 0.25) is 0 Å². The molecule has 1 unspecified atom stereocenters. The summed E-state index contributed by atoms with van der Waals surface area (Å²) in [5, 5.41) is 10.3. The minimum Gasteiger partial charge on any atom is -0.314 e. The average Bonchev–Trinajstić information content (AvgIpc) is 2.87. The molecule has 2 N–H and O–H groups in total. The predicted octanol–water partition coefficient (Wildman–Crippen LogP) is 3.08. The quantitative estimate of drug-likeness (QED) is 0.595. The first-order valence-corrected chi connectivity index (χ1v) is 7.40. The molecule has 104 valence electrons. The minimum absolute atomic E-state index is 0.640. The lowest BCUT2D eigenvalue weighted by Crippen LogP contribution is -2.27. The van der Waals surface area contributed by atoms with E-state index >= 15 is 0 Å². The largest absolute Gasteiger partial charge is 0.314 e. The molecule has 1 rings (SSSR count). The lowest BCUT2D eigenvalue weighted by atomic mass is 10.1. The normalized spacial score (nSPS) is 12.8. The van der Waals surface area contributed by atoms with Crippen molar-refractivity contribution < 1.29 is 0 Å². The van der Waals surface area contributed by atoms with E-state index in [0.29, 0.717) is 6.04 Å². The van der Waals surface area contributed by atoms with Gasteiger partial charge < -0.3 is 5.32 Å². The Morgan fingerprint density at radius 3 is 2.78 bits per heavy atom. The summed E-state index contributed by atoms with van der Waals surface area (Å²) in [6, 6.07) is 0.640. The fraction of sp³-hybridized carbons (Fsp3) is 0.857. The Hall–Kier alpha value is -0.900. The number of unbranched alkanes of at least 4 members (excludes halogenated alkanes) is 4. The first kappa shape index (κ1) is 15.2. The van der Waals surface area contributed by atoms with Crippen LogP contribution in [0.3, 0.4) is 0 Å². The molecular weight excluding hydrogens is 224 g/mol. The number of aromatic amines is 1. The topological polar surface area (TPSA) is 53.6 Å². The maximum Gasteiger partial charge on any atom is 0.137 e. The van der Waals surface area contributed by atoms with Crippen LogP contribution in [-0.4, -0.2) is 27.8 Å². The van der Waals surface area contributed by atoms with Gasteiger partial charge >= 0.3 is 0 Å². The molecule has 0 spiro atoms. The summed E-state index contributed by atoms with van der Waals surface area (Å²) < 4.78 is 0. The van der Waals surface area contributed by atoms with E-state index in [-0.39, 0.29) is 0 Å². The molecule has 0 aliphatic carbocycles. The molecule has 0 aromatic carbocycles. The smallest absolute Gasteiger partial charge is 0.137 e. The zero-order valence-electron chi connectivity index (χ0n) is 11.9. The van der Waals surface area contributed by atoms with Gasteiger partial charge in [-0.05, 0) is 26.3 Å². The maximum atomic E-state index is 4.12. The van der Waals surface area contributed by atoms with Crippen LogP contribution in [0.5, 0.6) is 0 Å². The molecule has 0 bridgehead atoms. The monoisotopic (exact) mass is 252 g/mol. The third-order valence-corrected chi connectivity index (χ3v) is 3.29. The number of nitrogens with zero attached hydrogens (tertiary/aromatic N) is 2. The summed E-state index contributed by atoms with van der Waals surface area (Å²) >= 11 is 0. The molecule has 0 aliphatic rings. The zero-order valence-corrected chi connectivity index (χ0v) is 11.9. The molecule has 0 radical (unpaired) electrons. The van der Waals surface area contributed by atoms with Crippen LogP contribution < -0.4 is 5.32 Å². The van der Waals surface area contributed by atoms with Gasteiger partial charge in [0.25, 0.3) is 0 Å². The number of H-pyrrole nitrogens is 1. The fourth-order valence-corrected chi connectivity index (χ4v) is 2.11. The summed E-state index contributed by atoms with van der Waals surface area (Å²) in [6.07, 6.45) is 11.8. The Labute approximate surface area is 111 Å². The van der Waals surface area contributed by atoms with E-state index in [1.165, 1.54) is 38.5 Å². The SMILES string of the molecule is CCCCCCCC(C)NCCCc1ncn[nH]1. The molecule has 0 amide bonds. The molecule has 0 fully saturated rings. The lowest BCUT2D eigenvalue weighted by Gasteiger charge is -2.13. The average molecular weight is 252 g/mol. The molecule has 1 heterocycles. The van der Waals surface area contributed by atoms with Crippen LogP contribution in [0.1, 0.15) is 64.6 Å². The number of hydrogen-bond acceptors (Lipinski definition) is 3. The molecule has 0 aliphatic heterocycles. The van der Waals surface area contributed by atoms with Crippen molar-refractivity contribution in [3.05, 3.63) is 12.2 Å². The first-order chi connectivity index (χ1) is 8.83. The second-order valence-electron chi connectivity index (χ2n) is 5.09. The highest BCUT2D eigenvalue weighted by atomic mass is 15.2. The molecular formula is C14H28N4. The van der Waals surface area contributed by atoms with Crippen molar-refractivity contribution >= 4 is 0 Å². The number of rotatable bonds is 11.